The number of fused-ring (bicyclic) bond motifs is 1. The fourth-order valence-corrected chi connectivity index (χ4v) is 2.05. The number of nitrogens with zero attached hydrogens (tertiary/aromatic N) is 2. The molecule has 0 amide bonds. The minimum Gasteiger partial charge on any atom is -0.306 e. The van der Waals surface area contributed by atoms with Crippen LogP contribution < -0.4 is 0 Å². The predicted octanol–water partition coefficient (Wildman–Crippen LogP) is 1.17. The number of likely N-dealkylation sites (tertiary alicyclic amines) is 1. The lowest BCUT2D eigenvalue weighted by Crippen LogP contribution is -2.19. The Labute approximate surface area is 68.3 Å². The largest absolute Gasteiger partial charge is 0.306 e. The van der Waals surface area contributed by atoms with Crippen molar-refractivity contribution in [1.82, 2.24) is 4.90 Å². The van der Waals surface area contributed by atoms with Gasteiger partial charge in [0.2, 0.25) is 0 Å². The Morgan fingerprint density at radius 2 is 2.27 bits per heavy atom. The normalized spacial score (nSPS) is 32.8. The lowest BCUT2D eigenvalue weighted by Gasteiger charge is -2.11. The van der Waals surface area contributed by atoms with Crippen LogP contribution in [0.1, 0.15) is 19.3 Å². The van der Waals surface area contributed by atoms with Gasteiger partial charge in [0.25, 0.3) is 0 Å². The first-order valence-electron chi connectivity index (χ1n) is 4.58. The number of rotatable bonds is 0. The highest BCUT2D eigenvalue weighted by Gasteiger charge is 2.23. The summed E-state index contributed by atoms with van der Waals surface area (Å²) in [5.74, 6) is 0.847. The smallest absolute Gasteiger partial charge is 0.0395 e. The van der Waals surface area contributed by atoms with E-state index < -0.39 is 0 Å². The maximum absolute atomic E-state index is 4.54. The Kier molecular flexibility index (Phi) is 1.95. The Morgan fingerprint density at radius 1 is 1.36 bits per heavy atom. The van der Waals surface area contributed by atoms with Crippen molar-refractivity contribution < 1.29 is 0 Å². The standard InChI is InChI=1S/C9H16N2/c1-11-6-3-8-2-5-10-9(8)4-7-11/h8H,2-7H2,1H3. The highest BCUT2D eigenvalue weighted by Crippen LogP contribution is 2.22. The predicted molar refractivity (Wildman–Crippen MR) is 47.1 cm³/mol. The van der Waals surface area contributed by atoms with Gasteiger partial charge in [-0.2, -0.15) is 0 Å². The Balaban J connectivity index is 2.04. The second-order valence-corrected chi connectivity index (χ2v) is 3.70. The average Bonchev–Trinajstić information content (AvgIpc) is 2.38. The summed E-state index contributed by atoms with van der Waals surface area (Å²) in [7, 11) is 2.21. The molecule has 62 valence electrons. The summed E-state index contributed by atoms with van der Waals surface area (Å²) in [6.45, 7) is 3.59. The van der Waals surface area contributed by atoms with Gasteiger partial charge in [0, 0.05) is 18.8 Å². The monoisotopic (exact) mass is 152 g/mol. The van der Waals surface area contributed by atoms with Crippen LogP contribution in [0.2, 0.25) is 0 Å². The molecule has 0 aromatic heterocycles. The summed E-state index contributed by atoms with van der Waals surface area (Å²) in [5.41, 5.74) is 1.51. The molecule has 1 atom stereocenters. The highest BCUT2D eigenvalue weighted by molar-refractivity contribution is 5.88. The molecule has 2 aliphatic rings. The molecule has 11 heavy (non-hydrogen) atoms. The second kappa shape index (κ2) is 2.94. The molecule has 0 aromatic rings. The Hall–Kier alpha value is -0.370. The molecule has 0 aliphatic carbocycles. The average molecular weight is 152 g/mol. The van der Waals surface area contributed by atoms with Gasteiger partial charge in [0.1, 0.15) is 0 Å². The zero-order valence-corrected chi connectivity index (χ0v) is 7.21. The van der Waals surface area contributed by atoms with Gasteiger partial charge in [-0.25, -0.2) is 0 Å². The van der Waals surface area contributed by atoms with Crippen molar-refractivity contribution in [3.05, 3.63) is 0 Å². The van der Waals surface area contributed by atoms with E-state index in [1.165, 1.54) is 38.1 Å². The van der Waals surface area contributed by atoms with E-state index in [2.05, 4.69) is 16.9 Å². The van der Waals surface area contributed by atoms with Gasteiger partial charge in [0.05, 0.1) is 0 Å². The van der Waals surface area contributed by atoms with Crippen molar-refractivity contribution in [2.45, 2.75) is 19.3 Å². The first kappa shape index (κ1) is 7.29. The van der Waals surface area contributed by atoms with Crippen LogP contribution in [0.3, 0.4) is 0 Å². The third-order valence-electron chi connectivity index (χ3n) is 2.87. The maximum atomic E-state index is 4.54. The van der Waals surface area contributed by atoms with Gasteiger partial charge in [-0.3, -0.25) is 4.99 Å². The first-order valence-corrected chi connectivity index (χ1v) is 4.58. The molecular weight excluding hydrogens is 136 g/mol. The van der Waals surface area contributed by atoms with Crippen LogP contribution in [-0.2, 0) is 0 Å². The third kappa shape index (κ3) is 1.45. The van der Waals surface area contributed by atoms with E-state index in [9.17, 15) is 0 Å². The second-order valence-electron chi connectivity index (χ2n) is 3.70. The van der Waals surface area contributed by atoms with Crippen LogP contribution in [0.25, 0.3) is 0 Å². The van der Waals surface area contributed by atoms with Crippen molar-refractivity contribution in [3.8, 4) is 0 Å². The molecule has 1 saturated heterocycles. The van der Waals surface area contributed by atoms with Gasteiger partial charge < -0.3 is 4.90 Å². The van der Waals surface area contributed by atoms with Crippen molar-refractivity contribution >= 4 is 5.71 Å². The molecule has 1 fully saturated rings. The quantitative estimate of drug-likeness (QED) is 0.509. The van der Waals surface area contributed by atoms with Crippen LogP contribution >= 0.6 is 0 Å². The fraction of sp³-hybridized carbons (Fsp3) is 0.889. The summed E-state index contributed by atoms with van der Waals surface area (Å²) in [6, 6.07) is 0. The molecule has 2 nitrogen and oxygen atoms in total. The Morgan fingerprint density at radius 3 is 3.18 bits per heavy atom. The molecule has 0 aromatic carbocycles. The molecule has 2 heteroatoms. The van der Waals surface area contributed by atoms with E-state index in [-0.39, 0.29) is 0 Å². The summed E-state index contributed by atoms with van der Waals surface area (Å²) in [5, 5.41) is 0. The van der Waals surface area contributed by atoms with E-state index >= 15 is 0 Å². The summed E-state index contributed by atoms with van der Waals surface area (Å²) >= 11 is 0. The van der Waals surface area contributed by atoms with Gasteiger partial charge in [-0.05, 0) is 38.8 Å². The third-order valence-corrected chi connectivity index (χ3v) is 2.87. The molecule has 2 rings (SSSR count). The minimum atomic E-state index is 0.847. The van der Waals surface area contributed by atoms with Crippen molar-refractivity contribution in [2.24, 2.45) is 10.9 Å². The van der Waals surface area contributed by atoms with Crippen LogP contribution in [0.15, 0.2) is 4.99 Å². The van der Waals surface area contributed by atoms with E-state index in [4.69, 9.17) is 0 Å². The van der Waals surface area contributed by atoms with Gasteiger partial charge in [-0.15, -0.1) is 0 Å². The van der Waals surface area contributed by atoms with E-state index in [1.54, 1.807) is 0 Å². The molecule has 0 saturated carbocycles. The SMILES string of the molecule is CN1CCC2=NCCC2CC1. The summed E-state index contributed by atoms with van der Waals surface area (Å²) < 4.78 is 0. The van der Waals surface area contributed by atoms with Crippen LogP contribution in [-0.4, -0.2) is 37.3 Å². The van der Waals surface area contributed by atoms with E-state index in [1.807, 2.05) is 0 Å². The number of hydrogen-bond acceptors (Lipinski definition) is 2. The fourth-order valence-electron chi connectivity index (χ4n) is 2.05. The Bertz CT molecular complexity index is 174. The van der Waals surface area contributed by atoms with Crippen molar-refractivity contribution in [1.29, 1.82) is 0 Å². The zero-order chi connectivity index (χ0) is 7.68. The first-order chi connectivity index (χ1) is 5.36. The topological polar surface area (TPSA) is 15.6 Å². The number of hydrogen-bond donors (Lipinski definition) is 0. The molecule has 0 spiro atoms. The molecule has 0 radical (unpaired) electrons. The van der Waals surface area contributed by atoms with Gasteiger partial charge in [0.15, 0.2) is 0 Å². The van der Waals surface area contributed by atoms with Gasteiger partial charge in [-0.1, -0.05) is 0 Å². The van der Waals surface area contributed by atoms with Crippen LogP contribution in [0.4, 0.5) is 0 Å². The molecular formula is C9H16N2. The highest BCUT2D eigenvalue weighted by atomic mass is 15.1. The van der Waals surface area contributed by atoms with E-state index in [0.29, 0.717) is 0 Å². The minimum absolute atomic E-state index is 0.847. The lowest BCUT2D eigenvalue weighted by molar-refractivity contribution is 0.340. The van der Waals surface area contributed by atoms with Gasteiger partial charge >= 0.3 is 0 Å². The number of aliphatic imine (C=N–C) groups is 1. The molecule has 0 N–H and O–H groups in total. The van der Waals surface area contributed by atoms with Crippen LogP contribution in [0, 0.1) is 5.92 Å². The molecule has 1 unspecified atom stereocenters. The molecule has 2 heterocycles. The van der Waals surface area contributed by atoms with Crippen molar-refractivity contribution in [3.63, 3.8) is 0 Å². The molecule has 2 aliphatic heterocycles. The zero-order valence-electron chi connectivity index (χ0n) is 7.21. The van der Waals surface area contributed by atoms with E-state index in [0.717, 1.165) is 12.5 Å². The summed E-state index contributed by atoms with van der Waals surface area (Å²) in [6.07, 6.45) is 3.89. The maximum Gasteiger partial charge on any atom is 0.0395 e. The summed E-state index contributed by atoms with van der Waals surface area (Å²) in [4.78, 5) is 6.96. The lowest BCUT2D eigenvalue weighted by atomic mass is 9.98. The molecule has 0 bridgehead atoms. The van der Waals surface area contributed by atoms with Crippen LogP contribution in [0.5, 0.6) is 0 Å². The van der Waals surface area contributed by atoms with Crippen molar-refractivity contribution in [2.75, 3.05) is 26.7 Å².